The monoisotopic (exact) mass is 373 g/mol. The summed E-state index contributed by atoms with van der Waals surface area (Å²) in [6, 6.07) is 4.15. The van der Waals surface area contributed by atoms with Crippen molar-refractivity contribution in [2.45, 2.75) is 38.9 Å². The molecule has 2 aromatic heterocycles. The molecule has 8 heteroatoms. The number of carbonyl (C=O) groups is 1. The van der Waals surface area contributed by atoms with Crippen LogP contribution in [0.2, 0.25) is 0 Å². The number of carbonyl (C=O) groups excluding carboxylic acids is 1. The van der Waals surface area contributed by atoms with Gasteiger partial charge in [-0.25, -0.2) is 4.98 Å². The van der Waals surface area contributed by atoms with Crippen molar-refractivity contribution in [2.24, 2.45) is 5.73 Å². The van der Waals surface area contributed by atoms with Crippen LogP contribution in [0.1, 0.15) is 22.6 Å². The van der Waals surface area contributed by atoms with E-state index in [2.05, 4.69) is 29.4 Å². The standard InChI is InChI=1S/C15H19N3O2S2.ClH/c1-8-3-6-12(21-8)13-9(2)22-15(17-13)18-14(19)11-5-4-10(7-16)20-11;/h3,6,10-11H,4-5,7,16H2,1-2H3,(H,17,18,19);1H/t10-,11+;/m1./s1. The lowest BCUT2D eigenvalue weighted by Gasteiger charge is -2.11. The van der Waals surface area contributed by atoms with Crippen LogP contribution in [0, 0.1) is 13.8 Å². The first-order valence-electron chi connectivity index (χ1n) is 7.27. The number of thiophene rings is 1. The van der Waals surface area contributed by atoms with Crippen molar-refractivity contribution < 1.29 is 9.53 Å². The smallest absolute Gasteiger partial charge is 0.255 e. The van der Waals surface area contributed by atoms with Crippen LogP contribution in [-0.4, -0.2) is 29.6 Å². The van der Waals surface area contributed by atoms with Crippen molar-refractivity contribution in [3.8, 4) is 10.6 Å². The quantitative estimate of drug-likeness (QED) is 0.861. The molecule has 1 amide bonds. The van der Waals surface area contributed by atoms with Crippen LogP contribution in [0.5, 0.6) is 0 Å². The van der Waals surface area contributed by atoms with E-state index in [4.69, 9.17) is 10.5 Å². The Morgan fingerprint density at radius 1 is 1.39 bits per heavy atom. The fraction of sp³-hybridized carbons (Fsp3) is 0.467. The average molecular weight is 374 g/mol. The van der Waals surface area contributed by atoms with Crippen LogP contribution in [-0.2, 0) is 9.53 Å². The van der Waals surface area contributed by atoms with Gasteiger partial charge in [0.2, 0.25) is 0 Å². The topological polar surface area (TPSA) is 77.2 Å². The molecule has 0 unspecified atom stereocenters. The van der Waals surface area contributed by atoms with Gasteiger partial charge in [0, 0.05) is 16.3 Å². The van der Waals surface area contributed by atoms with Gasteiger partial charge in [-0.15, -0.1) is 35.1 Å². The number of halogens is 1. The SMILES string of the molecule is Cc1ccc(-c2nc(NC(=O)[C@@H]3CC[C@H](CN)O3)sc2C)s1.Cl. The molecule has 0 spiro atoms. The van der Waals surface area contributed by atoms with E-state index >= 15 is 0 Å². The third kappa shape index (κ3) is 4.10. The molecule has 2 atom stereocenters. The second-order valence-electron chi connectivity index (χ2n) is 5.38. The summed E-state index contributed by atoms with van der Waals surface area (Å²) in [5.74, 6) is -0.126. The van der Waals surface area contributed by atoms with Gasteiger partial charge in [0.25, 0.3) is 5.91 Å². The summed E-state index contributed by atoms with van der Waals surface area (Å²) in [5, 5.41) is 3.50. The minimum Gasteiger partial charge on any atom is -0.364 e. The predicted molar refractivity (Wildman–Crippen MR) is 97.7 cm³/mol. The lowest BCUT2D eigenvalue weighted by molar-refractivity contribution is -0.126. The number of anilines is 1. The Labute approximate surface area is 149 Å². The highest BCUT2D eigenvalue weighted by molar-refractivity contribution is 7.18. The third-order valence-corrected chi connectivity index (χ3v) is 5.56. The van der Waals surface area contributed by atoms with E-state index in [1.54, 1.807) is 11.3 Å². The fourth-order valence-corrected chi connectivity index (χ4v) is 4.31. The highest BCUT2D eigenvalue weighted by Gasteiger charge is 2.30. The normalized spacial score (nSPS) is 20.3. The van der Waals surface area contributed by atoms with Crippen LogP contribution in [0.25, 0.3) is 10.6 Å². The van der Waals surface area contributed by atoms with Crippen LogP contribution in [0.15, 0.2) is 12.1 Å². The Kier molecular flexibility index (Phi) is 6.16. The van der Waals surface area contributed by atoms with Crippen molar-refractivity contribution in [1.29, 1.82) is 0 Å². The van der Waals surface area contributed by atoms with Gasteiger partial charge in [0.15, 0.2) is 5.13 Å². The second-order valence-corrected chi connectivity index (χ2v) is 7.87. The lowest BCUT2D eigenvalue weighted by Crippen LogP contribution is -2.29. The molecule has 5 nitrogen and oxygen atoms in total. The van der Waals surface area contributed by atoms with Crippen molar-refractivity contribution in [3.05, 3.63) is 21.9 Å². The molecule has 1 fully saturated rings. The van der Waals surface area contributed by atoms with E-state index in [-0.39, 0.29) is 24.4 Å². The Morgan fingerprint density at radius 2 is 2.17 bits per heavy atom. The molecule has 126 valence electrons. The Hall–Kier alpha value is -0.990. The van der Waals surface area contributed by atoms with Gasteiger partial charge in [-0.3, -0.25) is 10.1 Å². The second kappa shape index (κ2) is 7.72. The Balaban J connectivity index is 0.00000192. The van der Waals surface area contributed by atoms with Gasteiger partial charge in [-0.2, -0.15) is 0 Å². The Morgan fingerprint density at radius 3 is 2.78 bits per heavy atom. The summed E-state index contributed by atoms with van der Waals surface area (Å²) < 4.78 is 5.61. The molecule has 3 N–H and O–H groups in total. The molecule has 0 saturated carbocycles. The first kappa shape index (κ1) is 18.4. The molecular weight excluding hydrogens is 354 g/mol. The number of ether oxygens (including phenoxy) is 1. The molecule has 2 aromatic rings. The number of aryl methyl sites for hydroxylation is 2. The molecule has 23 heavy (non-hydrogen) atoms. The highest BCUT2D eigenvalue weighted by atomic mass is 35.5. The van der Waals surface area contributed by atoms with E-state index in [1.807, 2.05) is 6.92 Å². The zero-order valence-corrected chi connectivity index (χ0v) is 15.4. The molecule has 0 bridgehead atoms. The molecule has 3 heterocycles. The third-order valence-electron chi connectivity index (χ3n) is 3.66. The summed E-state index contributed by atoms with van der Waals surface area (Å²) in [6.07, 6.45) is 1.14. The molecular formula is C15H20ClN3O2S2. The first-order chi connectivity index (χ1) is 10.6. The molecule has 1 saturated heterocycles. The number of nitrogens with one attached hydrogen (secondary N) is 1. The number of rotatable bonds is 4. The maximum atomic E-state index is 12.2. The molecule has 3 rings (SSSR count). The van der Waals surface area contributed by atoms with E-state index in [1.165, 1.54) is 16.2 Å². The molecule has 0 radical (unpaired) electrons. The minimum atomic E-state index is -0.412. The number of aromatic nitrogens is 1. The van der Waals surface area contributed by atoms with Crippen LogP contribution < -0.4 is 11.1 Å². The summed E-state index contributed by atoms with van der Waals surface area (Å²) in [4.78, 5) is 20.3. The van der Waals surface area contributed by atoms with E-state index in [9.17, 15) is 4.79 Å². The largest absolute Gasteiger partial charge is 0.364 e. The maximum absolute atomic E-state index is 12.2. The van der Waals surface area contributed by atoms with Gasteiger partial charge in [0.05, 0.1) is 16.7 Å². The molecule has 0 aliphatic carbocycles. The number of nitrogens with zero attached hydrogens (tertiary/aromatic N) is 1. The van der Waals surface area contributed by atoms with Gasteiger partial charge in [-0.05, 0) is 38.8 Å². The van der Waals surface area contributed by atoms with Gasteiger partial charge in [0.1, 0.15) is 6.10 Å². The van der Waals surface area contributed by atoms with Crippen LogP contribution >= 0.6 is 35.1 Å². The number of nitrogens with two attached hydrogens (primary N) is 1. The summed E-state index contributed by atoms with van der Waals surface area (Å²) in [5.41, 5.74) is 6.52. The lowest BCUT2D eigenvalue weighted by atomic mass is 10.2. The van der Waals surface area contributed by atoms with Gasteiger partial charge < -0.3 is 10.5 Å². The van der Waals surface area contributed by atoms with Gasteiger partial charge >= 0.3 is 0 Å². The number of hydrogen-bond donors (Lipinski definition) is 2. The number of hydrogen-bond acceptors (Lipinski definition) is 6. The Bertz CT molecular complexity index is 686. The molecule has 1 aliphatic rings. The summed E-state index contributed by atoms with van der Waals surface area (Å²) >= 11 is 3.20. The van der Waals surface area contributed by atoms with E-state index in [0.29, 0.717) is 11.7 Å². The van der Waals surface area contributed by atoms with E-state index < -0.39 is 6.10 Å². The van der Waals surface area contributed by atoms with Crippen molar-refractivity contribution in [2.75, 3.05) is 11.9 Å². The summed E-state index contributed by atoms with van der Waals surface area (Å²) in [6.45, 7) is 4.56. The maximum Gasteiger partial charge on any atom is 0.255 e. The number of amides is 1. The fourth-order valence-electron chi connectivity index (χ4n) is 2.50. The minimum absolute atomic E-state index is 0. The average Bonchev–Trinajstić information content (AvgIpc) is 3.18. The van der Waals surface area contributed by atoms with Crippen molar-refractivity contribution >= 4 is 46.1 Å². The van der Waals surface area contributed by atoms with Crippen molar-refractivity contribution in [1.82, 2.24) is 4.98 Å². The van der Waals surface area contributed by atoms with Crippen LogP contribution in [0.4, 0.5) is 5.13 Å². The number of thiazole rings is 1. The van der Waals surface area contributed by atoms with Crippen molar-refractivity contribution in [3.63, 3.8) is 0 Å². The van der Waals surface area contributed by atoms with Gasteiger partial charge in [-0.1, -0.05) is 0 Å². The zero-order chi connectivity index (χ0) is 15.7. The van der Waals surface area contributed by atoms with E-state index in [0.717, 1.165) is 28.3 Å². The predicted octanol–water partition coefficient (Wildman–Crippen LogP) is 3.36. The zero-order valence-electron chi connectivity index (χ0n) is 13.0. The van der Waals surface area contributed by atoms with Crippen LogP contribution in [0.3, 0.4) is 0 Å². The molecule has 0 aromatic carbocycles. The highest BCUT2D eigenvalue weighted by Crippen LogP contribution is 2.34. The molecule has 1 aliphatic heterocycles. The summed E-state index contributed by atoms with van der Waals surface area (Å²) in [7, 11) is 0. The first-order valence-corrected chi connectivity index (χ1v) is 8.90.